The van der Waals surface area contributed by atoms with Gasteiger partial charge in [0, 0.05) is 17.6 Å². The Hall–Kier alpha value is -0.920. The van der Waals surface area contributed by atoms with Gasteiger partial charge in [-0.1, -0.05) is 23.7 Å². The molecule has 2 aromatic rings. The number of halogens is 1. The molecule has 0 spiro atoms. The molecule has 2 rings (SSSR count). The van der Waals surface area contributed by atoms with Crippen LogP contribution in [0.25, 0.3) is 0 Å². The zero-order chi connectivity index (χ0) is 14.8. The molecule has 4 nitrogen and oxygen atoms in total. The van der Waals surface area contributed by atoms with Crippen molar-refractivity contribution in [1.82, 2.24) is 5.43 Å². The third-order valence-corrected chi connectivity index (χ3v) is 5.29. The molecule has 0 saturated heterocycles. The Bertz CT molecular complexity index is 698. The van der Waals surface area contributed by atoms with Gasteiger partial charge in [-0.3, -0.25) is 11.3 Å². The number of thiophene rings is 1. The van der Waals surface area contributed by atoms with E-state index in [1.807, 2.05) is 18.2 Å². The van der Waals surface area contributed by atoms with Gasteiger partial charge < -0.3 is 0 Å². The predicted molar refractivity (Wildman–Crippen MR) is 82.6 cm³/mol. The lowest BCUT2D eigenvalue weighted by molar-refractivity contribution is 0.554. The monoisotopic (exact) mass is 330 g/mol. The zero-order valence-corrected chi connectivity index (χ0v) is 13.2. The molecule has 1 aromatic carbocycles. The van der Waals surface area contributed by atoms with Crippen LogP contribution in [0.4, 0.5) is 0 Å². The molecule has 1 aromatic heterocycles. The molecule has 1 atom stereocenters. The van der Waals surface area contributed by atoms with Crippen LogP contribution in [0.15, 0.2) is 41.3 Å². The molecule has 0 aliphatic rings. The number of hydrogen-bond donors (Lipinski definition) is 2. The van der Waals surface area contributed by atoms with Crippen molar-refractivity contribution >= 4 is 32.8 Å². The fraction of sp³-hybridized carbons (Fsp3) is 0.231. The van der Waals surface area contributed by atoms with Gasteiger partial charge in [0.05, 0.1) is 15.3 Å². The maximum absolute atomic E-state index is 11.6. The van der Waals surface area contributed by atoms with Crippen LogP contribution >= 0.6 is 22.9 Å². The van der Waals surface area contributed by atoms with Crippen molar-refractivity contribution in [2.45, 2.75) is 17.4 Å². The highest BCUT2D eigenvalue weighted by Crippen LogP contribution is 2.27. The lowest BCUT2D eigenvalue weighted by Crippen LogP contribution is -2.29. The summed E-state index contributed by atoms with van der Waals surface area (Å²) in [5.74, 6) is 5.59. The largest absolute Gasteiger partial charge is 0.271 e. The molecule has 0 aliphatic heterocycles. The van der Waals surface area contributed by atoms with Crippen molar-refractivity contribution in [1.29, 1.82) is 0 Å². The number of nitrogens with two attached hydrogens (primary N) is 1. The van der Waals surface area contributed by atoms with Gasteiger partial charge in [0.15, 0.2) is 9.84 Å². The number of hydrogen-bond acceptors (Lipinski definition) is 5. The molecule has 0 aliphatic carbocycles. The topological polar surface area (TPSA) is 72.2 Å². The maximum atomic E-state index is 11.6. The molecule has 0 saturated carbocycles. The number of nitrogens with one attached hydrogen (secondary N) is 1. The molecular formula is C13H15ClN2O2S2. The lowest BCUT2D eigenvalue weighted by Gasteiger charge is -2.16. The van der Waals surface area contributed by atoms with E-state index in [1.54, 1.807) is 18.2 Å². The van der Waals surface area contributed by atoms with Crippen LogP contribution in [-0.2, 0) is 16.3 Å². The molecule has 0 fully saturated rings. The Morgan fingerprint density at radius 2 is 2.10 bits per heavy atom. The summed E-state index contributed by atoms with van der Waals surface area (Å²) in [6.45, 7) is 0. The maximum Gasteiger partial charge on any atom is 0.175 e. The van der Waals surface area contributed by atoms with E-state index in [0.717, 1.165) is 14.8 Å². The van der Waals surface area contributed by atoms with Gasteiger partial charge in [0.2, 0.25) is 0 Å². The van der Waals surface area contributed by atoms with Gasteiger partial charge >= 0.3 is 0 Å². The van der Waals surface area contributed by atoms with Crippen LogP contribution in [0, 0.1) is 0 Å². The molecule has 7 heteroatoms. The number of hydrazine groups is 1. The standard InChI is InChI=1S/C13H15ClN2O2S2/c1-20(17,18)11-4-2-3-9(7-11)12(16-15)8-10-5-6-13(14)19-10/h2-7,12,16H,8,15H2,1H3. The minimum Gasteiger partial charge on any atom is -0.271 e. The highest BCUT2D eigenvalue weighted by molar-refractivity contribution is 7.90. The van der Waals surface area contributed by atoms with E-state index >= 15 is 0 Å². The minimum absolute atomic E-state index is 0.161. The van der Waals surface area contributed by atoms with E-state index in [1.165, 1.54) is 17.6 Å². The molecule has 1 unspecified atom stereocenters. The van der Waals surface area contributed by atoms with E-state index in [2.05, 4.69) is 5.43 Å². The Morgan fingerprint density at radius 3 is 2.65 bits per heavy atom. The second-order valence-corrected chi connectivity index (χ2v) is 8.29. The summed E-state index contributed by atoms with van der Waals surface area (Å²) in [7, 11) is -3.22. The fourth-order valence-electron chi connectivity index (χ4n) is 1.90. The van der Waals surface area contributed by atoms with E-state index < -0.39 is 9.84 Å². The van der Waals surface area contributed by atoms with Gasteiger partial charge in [-0.25, -0.2) is 8.42 Å². The van der Waals surface area contributed by atoms with Crippen molar-refractivity contribution < 1.29 is 8.42 Å². The summed E-state index contributed by atoms with van der Waals surface area (Å²) in [6.07, 6.45) is 1.84. The fourth-order valence-corrected chi connectivity index (χ4v) is 3.71. The smallest absolute Gasteiger partial charge is 0.175 e. The van der Waals surface area contributed by atoms with Crippen LogP contribution in [-0.4, -0.2) is 14.7 Å². The summed E-state index contributed by atoms with van der Waals surface area (Å²) in [6, 6.07) is 10.4. The van der Waals surface area contributed by atoms with Crippen molar-refractivity contribution in [3.05, 3.63) is 51.2 Å². The van der Waals surface area contributed by atoms with E-state index in [4.69, 9.17) is 17.4 Å². The number of rotatable bonds is 5. The molecule has 3 N–H and O–H groups in total. The molecule has 20 heavy (non-hydrogen) atoms. The summed E-state index contributed by atoms with van der Waals surface area (Å²) < 4.78 is 23.9. The average molecular weight is 331 g/mol. The van der Waals surface area contributed by atoms with Gasteiger partial charge in [-0.2, -0.15) is 0 Å². The predicted octanol–water partition coefficient (Wildman–Crippen LogP) is 2.55. The first kappa shape index (κ1) is 15.5. The molecule has 0 bridgehead atoms. The summed E-state index contributed by atoms with van der Waals surface area (Å²) in [5, 5.41) is 0. The van der Waals surface area contributed by atoms with Crippen molar-refractivity contribution in [2.24, 2.45) is 5.84 Å². The Balaban J connectivity index is 2.28. The van der Waals surface area contributed by atoms with Crippen LogP contribution < -0.4 is 11.3 Å². The quantitative estimate of drug-likeness (QED) is 0.653. The molecular weight excluding hydrogens is 316 g/mol. The zero-order valence-electron chi connectivity index (χ0n) is 10.8. The van der Waals surface area contributed by atoms with Crippen molar-refractivity contribution in [3.8, 4) is 0 Å². The third kappa shape index (κ3) is 3.80. The normalized spacial score (nSPS) is 13.3. The molecule has 108 valence electrons. The summed E-state index contributed by atoms with van der Waals surface area (Å²) >= 11 is 7.39. The Kier molecular flexibility index (Phi) is 4.82. The van der Waals surface area contributed by atoms with Crippen molar-refractivity contribution in [2.75, 3.05) is 6.26 Å². The highest BCUT2D eigenvalue weighted by Gasteiger charge is 2.15. The summed E-state index contributed by atoms with van der Waals surface area (Å²) in [4.78, 5) is 1.38. The lowest BCUT2D eigenvalue weighted by atomic mass is 10.0. The average Bonchev–Trinajstić information content (AvgIpc) is 2.81. The van der Waals surface area contributed by atoms with Gasteiger partial charge in [-0.15, -0.1) is 11.3 Å². The number of benzene rings is 1. The van der Waals surface area contributed by atoms with Gasteiger partial charge in [0.1, 0.15) is 0 Å². The van der Waals surface area contributed by atoms with Crippen molar-refractivity contribution in [3.63, 3.8) is 0 Å². The van der Waals surface area contributed by atoms with E-state index in [9.17, 15) is 8.42 Å². The molecule has 0 radical (unpaired) electrons. The van der Waals surface area contributed by atoms with Crippen LogP contribution in [0.3, 0.4) is 0 Å². The van der Waals surface area contributed by atoms with E-state index in [-0.39, 0.29) is 6.04 Å². The highest BCUT2D eigenvalue weighted by atomic mass is 35.5. The van der Waals surface area contributed by atoms with Gasteiger partial charge in [0.25, 0.3) is 0 Å². The number of sulfone groups is 1. The van der Waals surface area contributed by atoms with Gasteiger partial charge in [-0.05, 0) is 29.8 Å². The molecule has 1 heterocycles. The Morgan fingerprint density at radius 1 is 1.35 bits per heavy atom. The van der Waals surface area contributed by atoms with Crippen LogP contribution in [0.5, 0.6) is 0 Å². The van der Waals surface area contributed by atoms with Crippen LogP contribution in [0.1, 0.15) is 16.5 Å². The first-order chi connectivity index (χ1) is 9.40. The second kappa shape index (κ2) is 6.24. The minimum atomic E-state index is -3.22. The third-order valence-electron chi connectivity index (χ3n) is 2.92. The second-order valence-electron chi connectivity index (χ2n) is 4.47. The first-order valence-corrected chi connectivity index (χ1v) is 8.99. The SMILES string of the molecule is CS(=O)(=O)c1cccc(C(Cc2ccc(Cl)s2)NN)c1. The molecule has 0 amide bonds. The van der Waals surface area contributed by atoms with Crippen LogP contribution in [0.2, 0.25) is 4.34 Å². The Labute approximate surface area is 127 Å². The van der Waals surface area contributed by atoms with E-state index in [0.29, 0.717) is 11.3 Å². The summed E-state index contributed by atoms with van der Waals surface area (Å²) in [5.41, 5.74) is 3.56. The first-order valence-electron chi connectivity index (χ1n) is 5.90.